The topological polar surface area (TPSA) is 41.9 Å². The molecular weight excluding hydrogens is 321 g/mol. The van der Waals surface area contributed by atoms with Gasteiger partial charge in [-0.3, -0.25) is 4.90 Å². The van der Waals surface area contributed by atoms with Gasteiger partial charge in [0.1, 0.15) is 0 Å². The molecule has 1 aliphatic rings. The average molecular weight is 345 g/mol. The van der Waals surface area contributed by atoms with Gasteiger partial charge in [0, 0.05) is 19.0 Å². The summed E-state index contributed by atoms with van der Waals surface area (Å²) < 4.78 is 24.4. The highest BCUT2D eigenvalue weighted by atomic mass is 19.1. The van der Waals surface area contributed by atoms with Crippen LogP contribution in [0.3, 0.4) is 0 Å². The van der Waals surface area contributed by atoms with Crippen LogP contribution >= 0.6 is 0 Å². The highest BCUT2D eigenvalue weighted by Crippen LogP contribution is 2.28. The minimum Gasteiger partial charge on any atom is -0.504 e. The molecule has 2 aromatic carbocycles. The molecule has 0 bridgehead atoms. The van der Waals surface area contributed by atoms with E-state index in [4.69, 9.17) is 9.47 Å². The summed E-state index contributed by atoms with van der Waals surface area (Å²) in [5.74, 6) is 1.03. The average Bonchev–Trinajstić information content (AvgIpc) is 2.62. The van der Waals surface area contributed by atoms with Gasteiger partial charge in [-0.05, 0) is 49.2 Å². The number of phenolic OH excluding ortho intramolecular Hbond substituents is 1. The van der Waals surface area contributed by atoms with E-state index in [1.807, 2.05) is 6.07 Å². The SMILES string of the molecule is COc1ccc(CN2CCC[C@@H](COc3ccccc3F)C2)cc1O. The van der Waals surface area contributed by atoms with E-state index in [0.29, 0.717) is 24.0 Å². The maximum atomic E-state index is 13.6. The molecule has 1 saturated heterocycles. The Morgan fingerprint density at radius 1 is 1.20 bits per heavy atom. The van der Waals surface area contributed by atoms with E-state index in [0.717, 1.165) is 38.0 Å². The second-order valence-corrected chi connectivity index (χ2v) is 6.49. The second kappa shape index (κ2) is 8.21. The Hall–Kier alpha value is -2.27. The Balaban J connectivity index is 1.54. The molecule has 0 radical (unpaired) electrons. The number of rotatable bonds is 6. The maximum absolute atomic E-state index is 13.6. The largest absolute Gasteiger partial charge is 0.504 e. The molecule has 1 heterocycles. The number of likely N-dealkylation sites (tertiary alicyclic amines) is 1. The van der Waals surface area contributed by atoms with Gasteiger partial charge < -0.3 is 14.6 Å². The van der Waals surface area contributed by atoms with Crippen LogP contribution in [-0.4, -0.2) is 36.8 Å². The van der Waals surface area contributed by atoms with Gasteiger partial charge in [0.25, 0.3) is 0 Å². The summed E-state index contributed by atoms with van der Waals surface area (Å²) in [7, 11) is 1.54. The number of methoxy groups -OCH3 is 1. The monoisotopic (exact) mass is 345 g/mol. The molecule has 0 aliphatic carbocycles. The quantitative estimate of drug-likeness (QED) is 0.864. The van der Waals surface area contributed by atoms with Gasteiger partial charge in [0.15, 0.2) is 23.1 Å². The summed E-state index contributed by atoms with van der Waals surface area (Å²) in [6.45, 7) is 3.21. The molecule has 134 valence electrons. The van der Waals surface area contributed by atoms with Crippen molar-refractivity contribution in [2.45, 2.75) is 19.4 Å². The van der Waals surface area contributed by atoms with Crippen molar-refractivity contribution >= 4 is 0 Å². The van der Waals surface area contributed by atoms with E-state index >= 15 is 0 Å². The predicted octanol–water partition coefficient (Wildman–Crippen LogP) is 3.83. The van der Waals surface area contributed by atoms with E-state index < -0.39 is 0 Å². The Morgan fingerprint density at radius 2 is 2.04 bits per heavy atom. The number of piperidine rings is 1. The minimum atomic E-state index is -0.316. The molecule has 4 nitrogen and oxygen atoms in total. The summed E-state index contributed by atoms with van der Waals surface area (Å²) >= 11 is 0. The van der Waals surface area contributed by atoms with E-state index in [1.54, 1.807) is 37.4 Å². The van der Waals surface area contributed by atoms with Crippen LogP contribution in [0.2, 0.25) is 0 Å². The zero-order chi connectivity index (χ0) is 17.6. The summed E-state index contributed by atoms with van der Waals surface area (Å²) in [5.41, 5.74) is 1.05. The first-order chi connectivity index (χ1) is 12.2. The Labute approximate surface area is 147 Å². The van der Waals surface area contributed by atoms with Crippen molar-refractivity contribution in [1.82, 2.24) is 4.90 Å². The summed E-state index contributed by atoms with van der Waals surface area (Å²) in [6.07, 6.45) is 2.17. The number of ether oxygens (including phenoxy) is 2. The molecule has 0 saturated carbocycles. The molecule has 1 aliphatic heterocycles. The predicted molar refractivity (Wildman–Crippen MR) is 94.6 cm³/mol. The lowest BCUT2D eigenvalue weighted by Crippen LogP contribution is -2.37. The molecule has 0 unspecified atom stereocenters. The second-order valence-electron chi connectivity index (χ2n) is 6.49. The normalized spacial score (nSPS) is 18.1. The van der Waals surface area contributed by atoms with Gasteiger partial charge in [-0.1, -0.05) is 18.2 Å². The van der Waals surface area contributed by atoms with Crippen LogP contribution < -0.4 is 9.47 Å². The van der Waals surface area contributed by atoms with Crippen LogP contribution in [-0.2, 0) is 6.54 Å². The van der Waals surface area contributed by atoms with Gasteiger partial charge >= 0.3 is 0 Å². The number of hydrogen-bond donors (Lipinski definition) is 1. The number of phenols is 1. The van der Waals surface area contributed by atoms with Crippen molar-refractivity contribution in [3.63, 3.8) is 0 Å². The lowest BCUT2D eigenvalue weighted by molar-refractivity contribution is 0.123. The molecule has 0 amide bonds. The first-order valence-electron chi connectivity index (χ1n) is 8.61. The van der Waals surface area contributed by atoms with Gasteiger partial charge in [-0.15, -0.1) is 0 Å². The maximum Gasteiger partial charge on any atom is 0.165 e. The van der Waals surface area contributed by atoms with Crippen molar-refractivity contribution < 1.29 is 19.0 Å². The summed E-state index contributed by atoms with van der Waals surface area (Å²) in [4.78, 5) is 2.35. The molecule has 3 rings (SSSR count). The van der Waals surface area contributed by atoms with Gasteiger partial charge in [-0.2, -0.15) is 0 Å². The van der Waals surface area contributed by atoms with Crippen LogP contribution in [0.1, 0.15) is 18.4 Å². The van der Waals surface area contributed by atoms with Gasteiger partial charge in [0.2, 0.25) is 0 Å². The molecule has 5 heteroatoms. The fourth-order valence-corrected chi connectivity index (χ4v) is 3.29. The van der Waals surface area contributed by atoms with Crippen molar-refractivity contribution in [2.24, 2.45) is 5.92 Å². The zero-order valence-corrected chi connectivity index (χ0v) is 14.5. The highest BCUT2D eigenvalue weighted by molar-refractivity contribution is 5.41. The summed E-state index contributed by atoms with van der Waals surface area (Å²) in [6, 6.07) is 12.0. The number of hydrogen-bond acceptors (Lipinski definition) is 4. The smallest absolute Gasteiger partial charge is 0.165 e. The van der Waals surface area contributed by atoms with E-state index in [1.165, 1.54) is 6.07 Å². The van der Waals surface area contributed by atoms with Crippen LogP contribution in [0, 0.1) is 11.7 Å². The van der Waals surface area contributed by atoms with E-state index in [2.05, 4.69) is 4.90 Å². The van der Waals surface area contributed by atoms with Crippen molar-refractivity contribution in [3.05, 3.63) is 53.8 Å². The van der Waals surface area contributed by atoms with Crippen LogP contribution in [0.4, 0.5) is 4.39 Å². The third-order valence-electron chi connectivity index (χ3n) is 4.56. The van der Waals surface area contributed by atoms with Crippen molar-refractivity contribution in [3.8, 4) is 17.2 Å². The first kappa shape index (κ1) is 17.5. The van der Waals surface area contributed by atoms with Crippen LogP contribution in [0.25, 0.3) is 0 Å². The molecular formula is C20H24FNO3. The lowest BCUT2D eigenvalue weighted by atomic mass is 9.98. The fourth-order valence-electron chi connectivity index (χ4n) is 3.29. The third kappa shape index (κ3) is 4.63. The zero-order valence-electron chi connectivity index (χ0n) is 14.5. The molecule has 0 aromatic heterocycles. The lowest BCUT2D eigenvalue weighted by Gasteiger charge is -2.32. The highest BCUT2D eigenvalue weighted by Gasteiger charge is 2.21. The van der Waals surface area contributed by atoms with Gasteiger partial charge in [-0.25, -0.2) is 4.39 Å². The third-order valence-corrected chi connectivity index (χ3v) is 4.56. The number of benzene rings is 2. The number of halogens is 1. The Kier molecular flexibility index (Phi) is 5.76. The molecule has 1 fully saturated rings. The van der Waals surface area contributed by atoms with Crippen LogP contribution in [0.15, 0.2) is 42.5 Å². The molecule has 0 spiro atoms. The number of aromatic hydroxyl groups is 1. The standard InChI is InChI=1S/C20H24FNO3/c1-24-20-9-8-15(11-18(20)23)12-22-10-4-5-16(13-22)14-25-19-7-3-2-6-17(19)21/h2-3,6-9,11,16,23H,4-5,10,12-14H2,1H3/t16-/m1/s1. The molecule has 25 heavy (non-hydrogen) atoms. The van der Waals surface area contributed by atoms with Crippen LogP contribution in [0.5, 0.6) is 17.2 Å². The van der Waals surface area contributed by atoms with E-state index in [-0.39, 0.29) is 11.6 Å². The first-order valence-corrected chi connectivity index (χ1v) is 8.61. The van der Waals surface area contributed by atoms with Crippen molar-refractivity contribution in [2.75, 3.05) is 26.8 Å². The Bertz CT molecular complexity index is 707. The minimum absolute atomic E-state index is 0.163. The Morgan fingerprint density at radius 3 is 2.80 bits per heavy atom. The molecule has 1 atom stereocenters. The number of para-hydroxylation sites is 1. The molecule has 1 N–H and O–H groups in total. The van der Waals surface area contributed by atoms with E-state index in [9.17, 15) is 9.50 Å². The molecule has 2 aromatic rings. The number of nitrogens with zero attached hydrogens (tertiary/aromatic N) is 1. The fraction of sp³-hybridized carbons (Fsp3) is 0.400. The van der Waals surface area contributed by atoms with Crippen molar-refractivity contribution in [1.29, 1.82) is 0 Å². The van der Waals surface area contributed by atoms with Gasteiger partial charge in [0.05, 0.1) is 13.7 Å². The summed E-state index contributed by atoms with van der Waals surface area (Å²) in [5, 5.41) is 9.91.